The maximum Gasteiger partial charge on any atom is 0.337 e. The van der Waals surface area contributed by atoms with Crippen LogP contribution in [0.2, 0.25) is 0 Å². The number of ether oxygens (including phenoxy) is 1. The Hall–Kier alpha value is -2.88. The van der Waals surface area contributed by atoms with Crippen LogP contribution in [0.25, 0.3) is 16.6 Å². The summed E-state index contributed by atoms with van der Waals surface area (Å²) in [4.78, 5) is 22.9. The number of para-hydroxylation sites is 1. The Kier molecular flexibility index (Phi) is 3.28. The summed E-state index contributed by atoms with van der Waals surface area (Å²) in [5, 5.41) is 0.733. The number of carbonyl (C=O) groups excluding carboxylic acids is 2. The van der Waals surface area contributed by atoms with Crippen molar-refractivity contribution in [1.29, 1.82) is 0 Å². The Labute approximate surface area is 121 Å². The van der Waals surface area contributed by atoms with Gasteiger partial charge in [0.05, 0.1) is 18.2 Å². The second kappa shape index (κ2) is 5.25. The average Bonchev–Trinajstić information content (AvgIpc) is 2.92. The van der Waals surface area contributed by atoms with E-state index < -0.39 is 5.97 Å². The summed E-state index contributed by atoms with van der Waals surface area (Å²) in [5.41, 5.74) is 2.80. The van der Waals surface area contributed by atoms with Crippen LogP contribution in [0.15, 0.2) is 54.7 Å². The number of nitrogens with zero attached hydrogens (tertiary/aromatic N) is 1. The molecule has 0 radical (unpaired) electrons. The van der Waals surface area contributed by atoms with E-state index in [0.29, 0.717) is 11.1 Å². The summed E-state index contributed by atoms with van der Waals surface area (Å²) in [7, 11) is 1.34. The molecule has 0 spiro atoms. The highest BCUT2D eigenvalue weighted by Crippen LogP contribution is 2.25. The van der Waals surface area contributed by atoms with Crippen molar-refractivity contribution in [3.8, 4) is 5.69 Å². The number of rotatable bonds is 3. The second-order valence-electron chi connectivity index (χ2n) is 4.63. The van der Waals surface area contributed by atoms with E-state index in [1.54, 1.807) is 18.3 Å². The molecule has 0 saturated carbocycles. The highest BCUT2D eigenvalue weighted by molar-refractivity contribution is 6.02. The number of benzene rings is 2. The van der Waals surface area contributed by atoms with Crippen molar-refractivity contribution < 1.29 is 14.3 Å². The molecule has 1 aromatic heterocycles. The monoisotopic (exact) mass is 279 g/mol. The van der Waals surface area contributed by atoms with E-state index in [1.165, 1.54) is 7.11 Å². The van der Waals surface area contributed by atoms with Gasteiger partial charge in [0.2, 0.25) is 0 Å². The largest absolute Gasteiger partial charge is 0.465 e. The van der Waals surface area contributed by atoms with Gasteiger partial charge in [0.25, 0.3) is 0 Å². The molecule has 4 nitrogen and oxygen atoms in total. The van der Waals surface area contributed by atoms with Crippen LogP contribution >= 0.6 is 0 Å². The molecule has 0 atom stereocenters. The first-order valence-corrected chi connectivity index (χ1v) is 6.48. The van der Waals surface area contributed by atoms with Gasteiger partial charge in [-0.1, -0.05) is 18.2 Å². The lowest BCUT2D eigenvalue weighted by atomic mass is 10.1. The first-order valence-electron chi connectivity index (χ1n) is 6.48. The van der Waals surface area contributed by atoms with Crippen LogP contribution in [-0.2, 0) is 4.74 Å². The fourth-order valence-corrected chi connectivity index (χ4v) is 2.40. The Balaban J connectivity index is 2.25. The summed E-state index contributed by atoms with van der Waals surface area (Å²) in [6.45, 7) is 0. The number of hydrogen-bond acceptors (Lipinski definition) is 3. The van der Waals surface area contributed by atoms with Gasteiger partial charge in [-0.05, 0) is 30.3 Å². The summed E-state index contributed by atoms with van der Waals surface area (Å²) in [6, 6.07) is 14.9. The minimum atomic E-state index is -0.416. The molecule has 21 heavy (non-hydrogen) atoms. The standard InChI is InChI=1S/C17H13NO3/c1-21-17(20)12-7-8-16-15(9-12)13(11-19)10-18(16)14-5-3-2-4-6-14/h2-11H,1H3. The fourth-order valence-electron chi connectivity index (χ4n) is 2.40. The van der Waals surface area contributed by atoms with Gasteiger partial charge in [-0.2, -0.15) is 0 Å². The normalized spacial score (nSPS) is 10.5. The molecule has 4 heteroatoms. The molecule has 0 N–H and O–H groups in total. The lowest BCUT2D eigenvalue weighted by Crippen LogP contribution is -2.00. The quantitative estimate of drug-likeness (QED) is 0.546. The Morgan fingerprint density at radius 3 is 2.57 bits per heavy atom. The molecule has 1 heterocycles. The molecule has 0 aliphatic rings. The molecule has 3 rings (SSSR count). The zero-order chi connectivity index (χ0) is 14.8. The zero-order valence-electron chi connectivity index (χ0n) is 11.4. The van der Waals surface area contributed by atoms with Gasteiger partial charge in [0.15, 0.2) is 6.29 Å². The van der Waals surface area contributed by atoms with Crippen LogP contribution in [0.3, 0.4) is 0 Å². The van der Waals surface area contributed by atoms with Crippen molar-refractivity contribution in [3.05, 3.63) is 65.9 Å². The van der Waals surface area contributed by atoms with Crippen molar-refractivity contribution in [1.82, 2.24) is 4.57 Å². The average molecular weight is 279 g/mol. The maximum absolute atomic E-state index is 11.6. The molecular weight excluding hydrogens is 266 g/mol. The number of hydrogen-bond donors (Lipinski definition) is 0. The summed E-state index contributed by atoms with van der Waals surface area (Å²) in [6.07, 6.45) is 2.57. The zero-order valence-corrected chi connectivity index (χ0v) is 11.4. The van der Waals surface area contributed by atoms with E-state index in [0.717, 1.165) is 22.9 Å². The summed E-state index contributed by atoms with van der Waals surface area (Å²) in [5.74, 6) is -0.416. The minimum absolute atomic E-state index is 0.416. The van der Waals surface area contributed by atoms with Gasteiger partial charge in [-0.15, -0.1) is 0 Å². The molecule has 0 amide bonds. The van der Waals surface area contributed by atoms with Gasteiger partial charge in [0.1, 0.15) is 0 Å². The second-order valence-corrected chi connectivity index (χ2v) is 4.63. The molecule has 104 valence electrons. The number of fused-ring (bicyclic) bond motifs is 1. The molecule has 0 bridgehead atoms. The summed E-state index contributed by atoms with van der Waals surface area (Å²) < 4.78 is 6.65. The van der Waals surface area contributed by atoms with Crippen LogP contribution in [-0.4, -0.2) is 23.9 Å². The van der Waals surface area contributed by atoms with Crippen molar-refractivity contribution in [2.45, 2.75) is 0 Å². The van der Waals surface area contributed by atoms with Crippen LogP contribution in [0.4, 0.5) is 0 Å². The van der Waals surface area contributed by atoms with Crippen LogP contribution < -0.4 is 0 Å². The third-order valence-electron chi connectivity index (χ3n) is 3.42. The lowest BCUT2D eigenvalue weighted by molar-refractivity contribution is 0.0601. The Morgan fingerprint density at radius 1 is 1.14 bits per heavy atom. The number of aldehydes is 1. The molecule has 0 aliphatic heterocycles. The Morgan fingerprint density at radius 2 is 1.90 bits per heavy atom. The van der Waals surface area contributed by atoms with E-state index in [-0.39, 0.29) is 0 Å². The number of esters is 1. The fraction of sp³-hybridized carbons (Fsp3) is 0.0588. The van der Waals surface area contributed by atoms with Crippen molar-refractivity contribution >= 4 is 23.2 Å². The third-order valence-corrected chi connectivity index (χ3v) is 3.42. The van der Waals surface area contributed by atoms with Crippen molar-refractivity contribution in [2.75, 3.05) is 7.11 Å². The highest BCUT2D eigenvalue weighted by atomic mass is 16.5. The van der Waals surface area contributed by atoms with Gasteiger partial charge in [0, 0.05) is 22.8 Å². The highest BCUT2D eigenvalue weighted by Gasteiger charge is 2.13. The smallest absolute Gasteiger partial charge is 0.337 e. The van der Waals surface area contributed by atoms with E-state index in [1.807, 2.05) is 41.0 Å². The van der Waals surface area contributed by atoms with Crippen molar-refractivity contribution in [3.63, 3.8) is 0 Å². The van der Waals surface area contributed by atoms with Crippen LogP contribution in [0.1, 0.15) is 20.7 Å². The molecule has 0 saturated heterocycles. The number of aromatic nitrogens is 1. The first kappa shape index (κ1) is 13.1. The Bertz CT molecular complexity index is 819. The van der Waals surface area contributed by atoms with E-state index in [4.69, 9.17) is 4.74 Å². The number of carbonyl (C=O) groups is 2. The SMILES string of the molecule is COC(=O)c1ccc2c(c1)c(C=O)cn2-c1ccccc1. The molecule has 0 unspecified atom stereocenters. The lowest BCUT2D eigenvalue weighted by Gasteiger charge is -2.05. The molecular formula is C17H13NO3. The molecule has 0 aliphatic carbocycles. The van der Waals surface area contributed by atoms with E-state index in [9.17, 15) is 9.59 Å². The first-order chi connectivity index (χ1) is 10.2. The van der Waals surface area contributed by atoms with Gasteiger partial charge < -0.3 is 9.30 Å². The molecule has 3 aromatic rings. The van der Waals surface area contributed by atoms with Gasteiger partial charge in [-0.3, -0.25) is 4.79 Å². The van der Waals surface area contributed by atoms with Gasteiger partial charge >= 0.3 is 5.97 Å². The van der Waals surface area contributed by atoms with Crippen LogP contribution in [0.5, 0.6) is 0 Å². The minimum Gasteiger partial charge on any atom is -0.465 e. The van der Waals surface area contributed by atoms with Crippen molar-refractivity contribution in [2.24, 2.45) is 0 Å². The summed E-state index contributed by atoms with van der Waals surface area (Å²) >= 11 is 0. The van der Waals surface area contributed by atoms with E-state index >= 15 is 0 Å². The predicted octanol–water partition coefficient (Wildman–Crippen LogP) is 3.23. The molecule has 2 aromatic carbocycles. The van der Waals surface area contributed by atoms with Gasteiger partial charge in [-0.25, -0.2) is 4.79 Å². The topological polar surface area (TPSA) is 48.3 Å². The number of methoxy groups -OCH3 is 1. The molecule has 0 fully saturated rings. The third kappa shape index (κ3) is 2.21. The van der Waals surface area contributed by atoms with Crippen LogP contribution in [0, 0.1) is 0 Å². The maximum atomic E-state index is 11.6. The van der Waals surface area contributed by atoms with E-state index in [2.05, 4.69) is 0 Å². The predicted molar refractivity (Wildman–Crippen MR) is 80.0 cm³/mol.